The fourth-order valence-corrected chi connectivity index (χ4v) is 1.76. The Morgan fingerprint density at radius 1 is 1.64 bits per heavy atom. The van der Waals surface area contributed by atoms with Crippen molar-refractivity contribution in [1.29, 1.82) is 0 Å². The summed E-state index contributed by atoms with van der Waals surface area (Å²) in [4.78, 5) is 11.0. The Hall–Kier alpha value is -0.0500. The first-order valence-corrected chi connectivity index (χ1v) is 4.86. The van der Waals surface area contributed by atoms with Crippen molar-refractivity contribution in [2.24, 2.45) is 0 Å². The van der Waals surface area contributed by atoms with Gasteiger partial charge in [0.15, 0.2) is 4.51 Å². The van der Waals surface area contributed by atoms with E-state index in [2.05, 4.69) is 15.9 Å². The van der Waals surface area contributed by atoms with E-state index in [-0.39, 0.29) is 10.5 Å². The lowest BCUT2D eigenvalue weighted by Gasteiger charge is -2.35. The molecule has 0 bridgehead atoms. The molecule has 0 aromatic carbocycles. The largest absolute Gasteiger partial charge is 0.447 e. The molecule has 0 N–H and O–H groups in total. The van der Waals surface area contributed by atoms with Crippen LogP contribution in [0.3, 0.4) is 0 Å². The Kier molecular flexibility index (Phi) is 2.93. The molecule has 0 heterocycles. The molecule has 1 fully saturated rings. The minimum absolute atomic E-state index is 0.0796. The van der Waals surface area contributed by atoms with Gasteiger partial charge in [-0.1, -0.05) is 6.92 Å². The normalized spacial score (nSPS) is 20.5. The van der Waals surface area contributed by atoms with Crippen LogP contribution in [0.4, 0.5) is 0 Å². The molecule has 2 nitrogen and oxygen atoms in total. The average Bonchev–Trinajstić information content (AvgIpc) is 1.85. The number of carbonyl (C=O) groups is 1. The molecule has 0 aromatic rings. The van der Waals surface area contributed by atoms with Gasteiger partial charge in [0.05, 0.1) is 0 Å². The minimum Gasteiger partial charge on any atom is -0.447 e. The van der Waals surface area contributed by atoms with Crippen molar-refractivity contribution in [2.75, 3.05) is 0 Å². The average molecular weight is 221 g/mol. The van der Waals surface area contributed by atoms with E-state index in [0.29, 0.717) is 6.42 Å². The van der Waals surface area contributed by atoms with Gasteiger partial charge in [-0.15, -0.1) is 0 Å². The third kappa shape index (κ3) is 2.47. The predicted octanol–water partition coefficient (Wildman–Crippen LogP) is 2.60. The Bertz CT molecular complexity index is 152. The third-order valence-corrected chi connectivity index (χ3v) is 2.81. The highest BCUT2D eigenvalue weighted by Gasteiger charge is 2.37. The van der Waals surface area contributed by atoms with Crippen molar-refractivity contribution < 1.29 is 9.53 Å². The van der Waals surface area contributed by atoms with Crippen molar-refractivity contribution in [1.82, 2.24) is 0 Å². The number of rotatable bonds is 3. The monoisotopic (exact) mass is 220 g/mol. The molecule has 0 unspecified atom stereocenters. The van der Waals surface area contributed by atoms with Crippen LogP contribution in [0.25, 0.3) is 0 Å². The summed E-state index contributed by atoms with van der Waals surface area (Å²) in [5.74, 6) is -0.0796. The van der Waals surface area contributed by atoms with Crippen LogP contribution in [0.2, 0.25) is 0 Å². The summed E-state index contributed by atoms with van der Waals surface area (Å²) in [6.07, 6.45) is 4.48. The molecule has 0 spiro atoms. The fourth-order valence-electron chi connectivity index (χ4n) is 1.02. The molecule has 11 heavy (non-hydrogen) atoms. The highest BCUT2D eigenvalue weighted by Crippen LogP contribution is 2.41. The van der Waals surface area contributed by atoms with Gasteiger partial charge in [-0.2, -0.15) is 0 Å². The second-order valence-electron chi connectivity index (χ2n) is 2.96. The molecule has 0 aliphatic heterocycles. The number of carbonyl (C=O) groups excluding carboxylic acids is 1. The summed E-state index contributed by atoms with van der Waals surface area (Å²) in [5.41, 5.74) is 0. The van der Waals surface area contributed by atoms with Crippen LogP contribution in [0, 0.1) is 0 Å². The smallest absolute Gasteiger partial charge is 0.307 e. The summed E-state index contributed by atoms with van der Waals surface area (Å²) < 4.78 is 4.90. The molecule has 1 aliphatic rings. The molecular formula is C8H13BrO2. The van der Waals surface area contributed by atoms with E-state index < -0.39 is 0 Å². The molecule has 0 radical (unpaired) electrons. The van der Waals surface area contributed by atoms with Crippen LogP contribution >= 0.6 is 15.9 Å². The molecule has 1 rings (SSSR count). The van der Waals surface area contributed by atoms with E-state index in [1.54, 1.807) is 0 Å². The first-order valence-electron chi connectivity index (χ1n) is 4.07. The van der Waals surface area contributed by atoms with E-state index in [4.69, 9.17) is 4.74 Å². The lowest BCUT2D eigenvalue weighted by molar-refractivity contribution is -0.155. The van der Waals surface area contributed by atoms with Gasteiger partial charge in [-0.25, -0.2) is 0 Å². The Balaban J connectivity index is 2.23. The van der Waals surface area contributed by atoms with E-state index in [0.717, 1.165) is 25.7 Å². The molecule has 0 saturated heterocycles. The molecule has 1 saturated carbocycles. The molecule has 0 aromatic heterocycles. The van der Waals surface area contributed by atoms with Crippen LogP contribution in [0.5, 0.6) is 0 Å². The second kappa shape index (κ2) is 3.57. The lowest BCUT2D eigenvalue weighted by atomic mass is 9.96. The lowest BCUT2D eigenvalue weighted by Crippen LogP contribution is -2.35. The maximum atomic E-state index is 11.0. The van der Waals surface area contributed by atoms with Gasteiger partial charge in [0, 0.05) is 6.42 Å². The van der Waals surface area contributed by atoms with Gasteiger partial charge in [0.25, 0.3) is 0 Å². The van der Waals surface area contributed by atoms with Crippen molar-refractivity contribution in [2.45, 2.75) is 43.5 Å². The van der Waals surface area contributed by atoms with E-state index in [9.17, 15) is 4.79 Å². The molecule has 3 heteroatoms. The summed E-state index contributed by atoms with van der Waals surface area (Å²) in [5, 5.41) is 0. The zero-order chi connectivity index (χ0) is 8.32. The van der Waals surface area contributed by atoms with Gasteiger partial charge in [0.1, 0.15) is 0 Å². The van der Waals surface area contributed by atoms with Crippen molar-refractivity contribution in [3.63, 3.8) is 0 Å². The van der Waals surface area contributed by atoms with Crippen LogP contribution in [0.15, 0.2) is 0 Å². The first kappa shape index (κ1) is 9.04. The molecule has 64 valence electrons. The summed E-state index contributed by atoms with van der Waals surface area (Å²) in [7, 11) is 0. The highest BCUT2D eigenvalue weighted by atomic mass is 79.9. The Morgan fingerprint density at radius 3 is 2.64 bits per heavy atom. The number of hydrogen-bond acceptors (Lipinski definition) is 2. The topological polar surface area (TPSA) is 26.3 Å². The second-order valence-corrected chi connectivity index (χ2v) is 4.41. The van der Waals surface area contributed by atoms with E-state index in [1.807, 2.05) is 6.92 Å². The van der Waals surface area contributed by atoms with Gasteiger partial charge in [-0.05, 0) is 41.6 Å². The molecule has 1 aliphatic carbocycles. The molecular weight excluding hydrogens is 208 g/mol. The zero-order valence-electron chi connectivity index (χ0n) is 6.73. The number of hydrogen-bond donors (Lipinski definition) is 0. The van der Waals surface area contributed by atoms with Crippen LogP contribution in [-0.2, 0) is 9.53 Å². The fraction of sp³-hybridized carbons (Fsp3) is 0.875. The Morgan fingerprint density at radius 2 is 2.27 bits per heavy atom. The van der Waals surface area contributed by atoms with E-state index >= 15 is 0 Å². The van der Waals surface area contributed by atoms with Gasteiger partial charge in [0.2, 0.25) is 0 Å². The molecule has 0 atom stereocenters. The summed E-state index contributed by atoms with van der Waals surface area (Å²) in [6.45, 7) is 1.98. The minimum atomic E-state index is -0.292. The summed E-state index contributed by atoms with van der Waals surface area (Å²) in [6, 6.07) is 0. The highest BCUT2D eigenvalue weighted by molar-refractivity contribution is 9.10. The first-order chi connectivity index (χ1) is 5.16. The third-order valence-electron chi connectivity index (χ3n) is 1.85. The van der Waals surface area contributed by atoms with Crippen molar-refractivity contribution >= 4 is 21.9 Å². The number of halogens is 1. The van der Waals surface area contributed by atoms with Crippen LogP contribution in [-0.4, -0.2) is 10.5 Å². The summed E-state index contributed by atoms with van der Waals surface area (Å²) >= 11 is 3.40. The van der Waals surface area contributed by atoms with Crippen molar-refractivity contribution in [3.05, 3.63) is 0 Å². The van der Waals surface area contributed by atoms with Crippen LogP contribution in [0.1, 0.15) is 39.0 Å². The quantitative estimate of drug-likeness (QED) is 0.540. The zero-order valence-corrected chi connectivity index (χ0v) is 8.32. The van der Waals surface area contributed by atoms with Gasteiger partial charge in [-0.3, -0.25) is 4.79 Å². The number of esters is 1. The standard InChI is InChI=1S/C8H13BrO2/c1-2-4-7(10)11-8(9)5-3-6-8/h2-6H2,1H3. The molecule has 0 amide bonds. The maximum absolute atomic E-state index is 11.0. The van der Waals surface area contributed by atoms with Crippen LogP contribution < -0.4 is 0 Å². The maximum Gasteiger partial charge on any atom is 0.307 e. The van der Waals surface area contributed by atoms with Crippen molar-refractivity contribution in [3.8, 4) is 0 Å². The van der Waals surface area contributed by atoms with Gasteiger partial charge < -0.3 is 4.74 Å². The Labute approximate surface area is 75.4 Å². The number of alkyl halides is 1. The van der Waals surface area contributed by atoms with E-state index in [1.165, 1.54) is 0 Å². The SMILES string of the molecule is CCCC(=O)OC1(Br)CCC1. The van der Waals surface area contributed by atoms with Gasteiger partial charge >= 0.3 is 5.97 Å². The number of ether oxygens (including phenoxy) is 1. The predicted molar refractivity (Wildman–Crippen MR) is 46.5 cm³/mol.